The molecule has 2 heterocycles. The second kappa shape index (κ2) is 7.37. The topological polar surface area (TPSA) is 103 Å². The molecule has 2 aliphatic rings. The van der Waals surface area contributed by atoms with Crippen molar-refractivity contribution in [1.82, 2.24) is 10.0 Å². The van der Waals surface area contributed by atoms with Crippen molar-refractivity contribution in [2.24, 2.45) is 0 Å². The Balaban J connectivity index is 1.44. The Bertz CT molecular complexity index is 700. The van der Waals surface area contributed by atoms with E-state index in [-0.39, 0.29) is 37.6 Å². The molecule has 1 aromatic rings. The van der Waals surface area contributed by atoms with E-state index < -0.39 is 10.0 Å². The van der Waals surface area contributed by atoms with Gasteiger partial charge in [0.05, 0.1) is 11.9 Å². The first-order valence-electron chi connectivity index (χ1n) is 7.80. The Labute approximate surface area is 140 Å². The van der Waals surface area contributed by atoms with Crippen LogP contribution in [0, 0.1) is 0 Å². The molecule has 1 fully saturated rings. The lowest BCUT2D eigenvalue weighted by molar-refractivity contribution is 0.0955. The van der Waals surface area contributed by atoms with Crippen molar-refractivity contribution < 1.29 is 27.4 Å². The van der Waals surface area contributed by atoms with Crippen LogP contribution in [0.4, 0.5) is 0 Å². The fourth-order valence-electron chi connectivity index (χ4n) is 2.54. The minimum absolute atomic E-state index is 0.0220. The highest BCUT2D eigenvalue weighted by molar-refractivity contribution is 7.89. The minimum atomic E-state index is -3.45. The van der Waals surface area contributed by atoms with E-state index in [1.807, 2.05) is 0 Å². The Hall–Kier alpha value is -1.84. The van der Waals surface area contributed by atoms with Gasteiger partial charge in [0.15, 0.2) is 11.5 Å². The summed E-state index contributed by atoms with van der Waals surface area (Å²) in [4.78, 5) is 12.1. The summed E-state index contributed by atoms with van der Waals surface area (Å²) in [5.74, 6) is 0.555. The van der Waals surface area contributed by atoms with E-state index in [2.05, 4.69) is 10.0 Å². The second-order valence-electron chi connectivity index (χ2n) is 5.63. The van der Waals surface area contributed by atoms with E-state index in [1.165, 1.54) is 0 Å². The van der Waals surface area contributed by atoms with Gasteiger partial charge in [-0.25, -0.2) is 13.1 Å². The number of fused-ring (bicyclic) bond motifs is 1. The van der Waals surface area contributed by atoms with Gasteiger partial charge in [0.25, 0.3) is 5.91 Å². The van der Waals surface area contributed by atoms with Crippen LogP contribution in [0.3, 0.4) is 0 Å². The van der Waals surface area contributed by atoms with E-state index in [1.54, 1.807) is 18.2 Å². The normalized spacial score (nSPS) is 19.4. The molecule has 1 saturated heterocycles. The number of carbonyl (C=O) groups excluding carboxylic acids is 1. The van der Waals surface area contributed by atoms with Crippen molar-refractivity contribution in [3.05, 3.63) is 23.8 Å². The molecule has 0 radical (unpaired) electrons. The van der Waals surface area contributed by atoms with E-state index in [0.717, 1.165) is 12.8 Å². The first-order chi connectivity index (χ1) is 11.5. The van der Waals surface area contributed by atoms with Crippen molar-refractivity contribution in [2.75, 3.05) is 32.2 Å². The van der Waals surface area contributed by atoms with Gasteiger partial charge in [0.2, 0.25) is 16.8 Å². The molecule has 8 nitrogen and oxygen atoms in total. The van der Waals surface area contributed by atoms with Crippen molar-refractivity contribution in [3.63, 3.8) is 0 Å². The fraction of sp³-hybridized carbons (Fsp3) is 0.533. The molecule has 0 aromatic heterocycles. The van der Waals surface area contributed by atoms with Gasteiger partial charge >= 0.3 is 0 Å². The summed E-state index contributed by atoms with van der Waals surface area (Å²) >= 11 is 0. The van der Waals surface area contributed by atoms with Gasteiger partial charge < -0.3 is 19.5 Å². The largest absolute Gasteiger partial charge is 0.454 e. The average Bonchev–Trinajstić information content (AvgIpc) is 3.23. The highest BCUT2D eigenvalue weighted by Gasteiger charge is 2.19. The fourth-order valence-corrected chi connectivity index (χ4v) is 3.49. The molecule has 0 bridgehead atoms. The Kier molecular flexibility index (Phi) is 5.22. The lowest BCUT2D eigenvalue weighted by atomic mass is 10.2. The molecule has 2 aliphatic heterocycles. The maximum Gasteiger partial charge on any atom is 0.251 e. The highest BCUT2D eigenvalue weighted by Crippen LogP contribution is 2.32. The Morgan fingerprint density at radius 2 is 2.08 bits per heavy atom. The van der Waals surface area contributed by atoms with Gasteiger partial charge in [-0.3, -0.25) is 4.79 Å². The summed E-state index contributed by atoms with van der Waals surface area (Å²) in [7, 11) is -3.45. The molecular formula is C15H20N2O6S. The number of rotatable bonds is 7. The van der Waals surface area contributed by atoms with E-state index in [4.69, 9.17) is 14.2 Å². The smallest absolute Gasteiger partial charge is 0.251 e. The molecular weight excluding hydrogens is 336 g/mol. The summed E-state index contributed by atoms with van der Waals surface area (Å²) in [6, 6.07) is 4.83. The summed E-state index contributed by atoms with van der Waals surface area (Å²) in [6.45, 7) is 1.11. The number of hydrogen-bond donors (Lipinski definition) is 2. The third kappa shape index (κ3) is 4.37. The third-order valence-corrected chi connectivity index (χ3v) is 5.19. The third-order valence-electron chi connectivity index (χ3n) is 3.85. The van der Waals surface area contributed by atoms with Crippen molar-refractivity contribution in [2.45, 2.75) is 18.9 Å². The number of nitrogens with one attached hydrogen (secondary N) is 2. The maximum absolute atomic E-state index is 12.1. The molecule has 2 N–H and O–H groups in total. The lowest BCUT2D eigenvalue weighted by Crippen LogP contribution is -2.37. The lowest BCUT2D eigenvalue weighted by Gasteiger charge is -2.11. The summed E-state index contributed by atoms with van der Waals surface area (Å²) < 4.78 is 42.1. The number of sulfonamides is 1. The van der Waals surface area contributed by atoms with Crippen LogP contribution in [0.2, 0.25) is 0 Å². The number of carbonyl (C=O) groups is 1. The minimum Gasteiger partial charge on any atom is -0.454 e. The van der Waals surface area contributed by atoms with E-state index in [9.17, 15) is 13.2 Å². The van der Waals surface area contributed by atoms with Crippen LogP contribution in [-0.4, -0.2) is 52.7 Å². The molecule has 1 amide bonds. The molecule has 1 aromatic carbocycles. The Morgan fingerprint density at radius 1 is 1.25 bits per heavy atom. The molecule has 3 rings (SSSR count). The van der Waals surface area contributed by atoms with Gasteiger partial charge in [-0.05, 0) is 31.0 Å². The van der Waals surface area contributed by atoms with Crippen LogP contribution in [0.1, 0.15) is 23.2 Å². The van der Waals surface area contributed by atoms with E-state index >= 15 is 0 Å². The average molecular weight is 356 g/mol. The van der Waals surface area contributed by atoms with Crippen LogP contribution < -0.4 is 19.5 Å². The number of hydrogen-bond acceptors (Lipinski definition) is 6. The van der Waals surface area contributed by atoms with Gasteiger partial charge in [-0.2, -0.15) is 0 Å². The van der Waals surface area contributed by atoms with Crippen LogP contribution >= 0.6 is 0 Å². The summed E-state index contributed by atoms with van der Waals surface area (Å²) in [5.41, 5.74) is 0.393. The van der Waals surface area contributed by atoms with Crippen molar-refractivity contribution >= 4 is 15.9 Å². The van der Waals surface area contributed by atoms with Gasteiger partial charge in [-0.1, -0.05) is 0 Å². The summed E-state index contributed by atoms with van der Waals surface area (Å²) in [5, 5.41) is 2.59. The SMILES string of the molecule is O=C(NCCS(=O)(=O)NC[C@@H]1CCCO1)c1ccc2c(c1)OCO2. The van der Waals surface area contributed by atoms with Gasteiger partial charge in [0.1, 0.15) is 0 Å². The molecule has 132 valence electrons. The first-order valence-corrected chi connectivity index (χ1v) is 9.45. The molecule has 0 aliphatic carbocycles. The Morgan fingerprint density at radius 3 is 2.88 bits per heavy atom. The number of amides is 1. The van der Waals surface area contributed by atoms with Gasteiger partial charge in [-0.15, -0.1) is 0 Å². The maximum atomic E-state index is 12.1. The van der Waals surface area contributed by atoms with E-state index in [0.29, 0.717) is 23.7 Å². The molecule has 1 atom stereocenters. The molecule has 24 heavy (non-hydrogen) atoms. The predicted molar refractivity (Wildman–Crippen MR) is 85.7 cm³/mol. The van der Waals surface area contributed by atoms with Crippen LogP contribution in [0.15, 0.2) is 18.2 Å². The van der Waals surface area contributed by atoms with Gasteiger partial charge in [0, 0.05) is 25.3 Å². The summed E-state index contributed by atoms with van der Waals surface area (Å²) in [6.07, 6.45) is 1.77. The van der Waals surface area contributed by atoms with Crippen LogP contribution in [0.25, 0.3) is 0 Å². The second-order valence-corrected chi connectivity index (χ2v) is 7.55. The highest BCUT2D eigenvalue weighted by atomic mass is 32.2. The monoisotopic (exact) mass is 356 g/mol. The zero-order chi connectivity index (χ0) is 17.0. The standard InChI is InChI=1S/C15H20N2O6S/c18-15(11-3-4-13-14(8-11)23-10-22-13)16-5-7-24(19,20)17-9-12-2-1-6-21-12/h3-4,8,12,17H,1-2,5-7,9-10H2,(H,16,18)/t12-/m0/s1. The zero-order valence-electron chi connectivity index (χ0n) is 13.1. The van der Waals surface area contributed by atoms with Crippen LogP contribution in [-0.2, 0) is 14.8 Å². The predicted octanol–water partition coefficient (Wildman–Crippen LogP) is 0.243. The quantitative estimate of drug-likeness (QED) is 0.726. The molecule has 9 heteroatoms. The molecule has 0 spiro atoms. The zero-order valence-corrected chi connectivity index (χ0v) is 13.9. The molecule has 0 unspecified atom stereocenters. The van der Waals surface area contributed by atoms with Crippen molar-refractivity contribution in [1.29, 1.82) is 0 Å². The first kappa shape index (κ1) is 17.0. The molecule has 0 saturated carbocycles. The van der Waals surface area contributed by atoms with Crippen molar-refractivity contribution in [3.8, 4) is 11.5 Å². The van der Waals surface area contributed by atoms with Crippen LogP contribution in [0.5, 0.6) is 11.5 Å². The number of benzene rings is 1. The number of ether oxygens (including phenoxy) is 3.